The number of imidazole rings is 2. The highest BCUT2D eigenvalue weighted by Gasteiger charge is 2.53. The van der Waals surface area contributed by atoms with Gasteiger partial charge in [0.05, 0.1) is 40.7 Å². The van der Waals surface area contributed by atoms with Crippen molar-refractivity contribution in [2.75, 3.05) is 6.54 Å². The van der Waals surface area contributed by atoms with Crippen LogP contribution < -0.4 is 5.32 Å². The zero-order valence-electron chi connectivity index (χ0n) is 25.9. The van der Waals surface area contributed by atoms with E-state index in [4.69, 9.17) is 9.97 Å². The van der Waals surface area contributed by atoms with Gasteiger partial charge >= 0.3 is 0 Å². The number of likely N-dealkylation sites (tertiary alicyclic amines) is 1. The van der Waals surface area contributed by atoms with Crippen molar-refractivity contribution in [3.63, 3.8) is 0 Å². The molecule has 0 spiro atoms. The molecule has 4 heterocycles. The van der Waals surface area contributed by atoms with Crippen molar-refractivity contribution in [3.8, 4) is 11.1 Å². The first-order valence-electron chi connectivity index (χ1n) is 17.1. The molecule has 2 aromatic heterocycles. The summed E-state index contributed by atoms with van der Waals surface area (Å²) in [6.45, 7) is 0.439. The highest BCUT2D eigenvalue weighted by atomic mass is 16.1. The van der Waals surface area contributed by atoms with Gasteiger partial charge in [0.2, 0.25) is 0 Å². The van der Waals surface area contributed by atoms with E-state index in [2.05, 4.69) is 80.8 Å². The second-order valence-electron chi connectivity index (χ2n) is 14.4. The highest BCUT2D eigenvalue weighted by Crippen LogP contribution is 2.53. The van der Waals surface area contributed by atoms with E-state index in [0.29, 0.717) is 30.6 Å². The molecule has 2 saturated carbocycles. The summed E-state index contributed by atoms with van der Waals surface area (Å²) in [6, 6.07) is 33.5. The summed E-state index contributed by atoms with van der Waals surface area (Å²) >= 11 is 0. The minimum atomic E-state index is 0.142. The van der Waals surface area contributed by atoms with Gasteiger partial charge in [0, 0.05) is 28.4 Å². The van der Waals surface area contributed by atoms with Crippen molar-refractivity contribution in [1.29, 1.82) is 0 Å². The highest BCUT2D eigenvalue weighted by molar-refractivity contribution is 6.07. The summed E-state index contributed by atoms with van der Waals surface area (Å²) in [5.74, 6) is 3.74. The quantitative estimate of drug-likeness (QED) is 0.166. The molecule has 3 N–H and O–H groups in total. The largest absolute Gasteiger partial charge is 0.341 e. The summed E-state index contributed by atoms with van der Waals surface area (Å²) in [5.41, 5.74) is 7.38. The van der Waals surface area contributed by atoms with Crippen LogP contribution in [0.4, 0.5) is 0 Å². The molecule has 7 nitrogen and oxygen atoms in total. The molecule has 4 aliphatic rings. The predicted octanol–water partition coefficient (Wildman–Crippen LogP) is 7.85. The van der Waals surface area contributed by atoms with Crippen LogP contribution in [0.3, 0.4) is 0 Å². The molecule has 7 heteroatoms. The lowest BCUT2D eigenvalue weighted by molar-refractivity contribution is 0.0899. The minimum Gasteiger partial charge on any atom is -0.341 e. The van der Waals surface area contributed by atoms with Crippen LogP contribution in [0.5, 0.6) is 0 Å². The van der Waals surface area contributed by atoms with E-state index in [1.54, 1.807) is 0 Å². The topological polar surface area (TPSA) is 89.7 Å². The number of benzene rings is 5. The molecule has 47 heavy (non-hydrogen) atoms. The van der Waals surface area contributed by atoms with Gasteiger partial charge in [-0.25, -0.2) is 9.97 Å². The average Bonchev–Trinajstić information content (AvgIpc) is 3.73. The molecular formula is C40H34N6O. The molecule has 0 unspecified atom stereocenters. The Kier molecular flexibility index (Phi) is 5.36. The van der Waals surface area contributed by atoms with Crippen LogP contribution in [-0.2, 0) is 0 Å². The van der Waals surface area contributed by atoms with E-state index in [1.807, 2.05) is 30.3 Å². The van der Waals surface area contributed by atoms with Crippen molar-refractivity contribution in [1.82, 2.24) is 30.2 Å². The van der Waals surface area contributed by atoms with Gasteiger partial charge in [-0.1, -0.05) is 66.7 Å². The van der Waals surface area contributed by atoms with E-state index in [0.717, 1.165) is 57.0 Å². The number of aromatic amines is 2. The van der Waals surface area contributed by atoms with E-state index in [9.17, 15) is 4.79 Å². The molecule has 0 bridgehead atoms. The van der Waals surface area contributed by atoms with Gasteiger partial charge in [-0.05, 0) is 83.7 Å². The number of ketones is 1. The Morgan fingerprint density at radius 3 is 2.06 bits per heavy atom. The second-order valence-corrected chi connectivity index (χ2v) is 14.4. The van der Waals surface area contributed by atoms with Gasteiger partial charge in [0.25, 0.3) is 0 Å². The van der Waals surface area contributed by atoms with Crippen LogP contribution in [0.1, 0.15) is 59.8 Å². The fourth-order valence-corrected chi connectivity index (χ4v) is 8.78. The Balaban J connectivity index is 0.901. The maximum Gasteiger partial charge on any atom is 0.176 e. The van der Waals surface area contributed by atoms with Gasteiger partial charge in [0.15, 0.2) is 5.78 Å². The number of carbonyl (C=O) groups excluding carboxylic acids is 1. The van der Waals surface area contributed by atoms with Gasteiger partial charge in [0.1, 0.15) is 11.6 Å². The number of fused-ring (bicyclic) bond motifs is 8. The molecular weight excluding hydrogens is 580 g/mol. The summed E-state index contributed by atoms with van der Waals surface area (Å²) in [6.07, 6.45) is 4.76. The van der Waals surface area contributed by atoms with Crippen LogP contribution in [0, 0.1) is 11.8 Å². The molecule has 0 amide bonds. The van der Waals surface area contributed by atoms with Crippen molar-refractivity contribution in [2.45, 2.75) is 49.9 Å². The number of aromatic nitrogens is 4. The summed E-state index contributed by atoms with van der Waals surface area (Å²) in [5, 5.41) is 8.44. The van der Waals surface area contributed by atoms with Crippen LogP contribution in [0.15, 0.2) is 91.0 Å². The first-order chi connectivity index (χ1) is 23.1. The lowest BCUT2D eigenvalue weighted by Crippen LogP contribution is -2.33. The molecule has 2 aliphatic heterocycles. The zero-order valence-corrected chi connectivity index (χ0v) is 25.9. The second kappa shape index (κ2) is 9.59. The Labute approximate surface area is 271 Å². The Morgan fingerprint density at radius 1 is 0.702 bits per heavy atom. The molecule has 6 atom stereocenters. The molecule has 2 aliphatic carbocycles. The molecule has 7 aromatic rings. The maximum atomic E-state index is 13.1. The van der Waals surface area contributed by atoms with Gasteiger partial charge < -0.3 is 15.3 Å². The fraction of sp³-hybridized carbons (Fsp3) is 0.275. The minimum absolute atomic E-state index is 0.142. The Bertz CT molecular complexity index is 2400. The summed E-state index contributed by atoms with van der Waals surface area (Å²) in [4.78, 5) is 33.0. The number of nitrogens with zero attached hydrogens (tertiary/aromatic N) is 3. The number of hydrogen-bond acceptors (Lipinski definition) is 5. The normalized spacial score (nSPS) is 26.4. The zero-order chi connectivity index (χ0) is 30.8. The lowest BCUT2D eigenvalue weighted by Gasteiger charge is -2.25. The first kappa shape index (κ1) is 26.2. The predicted molar refractivity (Wildman–Crippen MR) is 185 cm³/mol. The number of H-pyrrole nitrogens is 2. The monoisotopic (exact) mass is 614 g/mol. The molecule has 0 radical (unpaired) electrons. The molecule has 5 aromatic carbocycles. The maximum absolute atomic E-state index is 13.1. The van der Waals surface area contributed by atoms with Crippen LogP contribution in [0.2, 0.25) is 0 Å². The number of nitrogens with one attached hydrogen (secondary N) is 3. The molecule has 4 fully saturated rings. The van der Waals surface area contributed by atoms with E-state index >= 15 is 0 Å². The van der Waals surface area contributed by atoms with Gasteiger partial charge in [-0.15, -0.1) is 0 Å². The number of Topliss-reactive ketones (excluding diaryl/α,β-unsaturated/α-hetero) is 1. The number of hydrogen-bond donors (Lipinski definition) is 3. The Morgan fingerprint density at radius 2 is 1.38 bits per heavy atom. The van der Waals surface area contributed by atoms with Crippen LogP contribution in [0.25, 0.3) is 54.7 Å². The van der Waals surface area contributed by atoms with E-state index in [1.165, 1.54) is 46.5 Å². The lowest BCUT2D eigenvalue weighted by atomic mass is 9.98. The third kappa shape index (κ3) is 4.16. The first-order valence-corrected chi connectivity index (χ1v) is 17.1. The third-order valence-corrected chi connectivity index (χ3v) is 11.5. The van der Waals surface area contributed by atoms with Gasteiger partial charge in [-0.3, -0.25) is 9.69 Å². The molecule has 230 valence electrons. The third-order valence-electron chi connectivity index (χ3n) is 11.5. The van der Waals surface area contributed by atoms with E-state index < -0.39 is 0 Å². The molecule has 2 saturated heterocycles. The SMILES string of the molecule is O=C(CN1[C@@H]2C[C@@H]2C[C@H]1c1nc2c(ccc3cc(-c4ccc5c(ccc6[nH]c([C@@H]7C[C@H]8C[C@H]8N7)nc65)c4)ccc32)[nH]1)c1ccccc1. The van der Waals surface area contributed by atoms with Crippen LogP contribution >= 0.6 is 0 Å². The van der Waals surface area contributed by atoms with Gasteiger partial charge in [-0.2, -0.15) is 0 Å². The Hall–Kier alpha value is -4.85. The number of piperidine rings is 2. The smallest absolute Gasteiger partial charge is 0.176 e. The van der Waals surface area contributed by atoms with Crippen molar-refractivity contribution < 1.29 is 4.79 Å². The number of rotatable bonds is 6. The van der Waals surface area contributed by atoms with Crippen molar-refractivity contribution in [3.05, 3.63) is 108 Å². The summed E-state index contributed by atoms with van der Waals surface area (Å²) < 4.78 is 0. The number of carbonyl (C=O) groups is 1. The van der Waals surface area contributed by atoms with E-state index in [-0.39, 0.29) is 11.8 Å². The van der Waals surface area contributed by atoms with Crippen LogP contribution in [-0.4, -0.2) is 49.2 Å². The van der Waals surface area contributed by atoms with Crippen molar-refractivity contribution in [2.24, 2.45) is 11.8 Å². The standard InChI is InChI=1S/C40H34N6O/c47-36(21-4-2-1-3-5-21)20-46-34-18-27(34)19-35(46)40-43-31-13-9-25-15-23(7-11-29(25)38(31)45-40)22-6-10-28-24(14-22)8-12-30-37(28)44-39(42-30)33-17-26-16-32(26)41-33/h1-15,26-27,32-35,41H,16-20H2,(H,42,44)(H,43,45)/t26-,27-,32-,33+,34-,35+/m1/s1. The molecule has 11 rings (SSSR count). The summed E-state index contributed by atoms with van der Waals surface area (Å²) in [7, 11) is 0. The van der Waals surface area contributed by atoms with Crippen molar-refractivity contribution >= 4 is 49.4 Å². The fourth-order valence-electron chi connectivity index (χ4n) is 8.78. The average molecular weight is 615 g/mol.